The Morgan fingerprint density at radius 2 is 2.24 bits per heavy atom. The molecule has 116 valence electrons. The molecule has 2 amide bonds. The van der Waals surface area contributed by atoms with Crippen LogP contribution in [-0.2, 0) is 4.74 Å². The molecule has 0 bridgehead atoms. The molecule has 1 aliphatic heterocycles. The maximum absolute atomic E-state index is 12.2. The van der Waals surface area contributed by atoms with Crippen LogP contribution in [-0.4, -0.2) is 53.7 Å². The third-order valence-corrected chi connectivity index (χ3v) is 4.02. The highest BCUT2D eigenvalue weighted by molar-refractivity contribution is 7.98. The number of likely N-dealkylation sites (tertiary alicyclic amines) is 1. The number of amides is 2. The predicted octanol–water partition coefficient (Wildman–Crippen LogP) is 2.41. The standard InChI is InChI=1S/C15H22N2O3S/c1-10(2)20-14-9-17(8-13(14)18)15(19)16-11-5-4-6-12(7-11)21-3/h4-7,10,13-14,18H,8-9H2,1-3H3,(H,16,19)/t13-,14-/m0/s1. The number of urea groups is 1. The average molecular weight is 310 g/mol. The Morgan fingerprint density at radius 1 is 1.48 bits per heavy atom. The summed E-state index contributed by atoms with van der Waals surface area (Å²) in [6.07, 6.45) is 1.08. The van der Waals surface area contributed by atoms with E-state index in [0.29, 0.717) is 13.1 Å². The molecule has 0 unspecified atom stereocenters. The van der Waals surface area contributed by atoms with Gasteiger partial charge in [0.2, 0.25) is 0 Å². The number of carbonyl (C=O) groups is 1. The second-order valence-corrected chi connectivity index (χ2v) is 6.24. The van der Waals surface area contributed by atoms with Gasteiger partial charge < -0.3 is 20.1 Å². The average Bonchev–Trinajstić information content (AvgIpc) is 2.80. The van der Waals surface area contributed by atoms with Gasteiger partial charge in [-0.2, -0.15) is 0 Å². The van der Waals surface area contributed by atoms with Crippen molar-refractivity contribution in [2.75, 3.05) is 24.7 Å². The van der Waals surface area contributed by atoms with E-state index in [4.69, 9.17) is 4.74 Å². The number of hydrogen-bond acceptors (Lipinski definition) is 4. The molecule has 0 radical (unpaired) electrons. The number of rotatable bonds is 4. The summed E-state index contributed by atoms with van der Waals surface area (Å²) in [6, 6.07) is 7.47. The van der Waals surface area contributed by atoms with Crippen LogP contribution in [0.5, 0.6) is 0 Å². The van der Waals surface area contributed by atoms with Crippen LogP contribution in [0.1, 0.15) is 13.8 Å². The third kappa shape index (κ3) is 4.36. The highest BCUT2D eigenvalue weighted by Gasteiger charge is 2.35. The van der Waals surface area contributed by atoms with Crippen molar-refractivity contribution in [3.63, 3.8) is 0 Å². The number of nitrogens with zero attached hydrogens (tertiary/aromatic N) is 1. The van der Waals surface area contributed by atoms with Crippen LogP contribution < -0.4 is 5.32 Å². The van der Waals surface area contributed by atoms with E-state index in [1.54, 1.807) is 16.7 Å². The summed E-state index contributed by atoms with van der Waals surface area (Å²) in [7, 11) is 0. The van der Waals surface area contributed by atoms with Gasteiger partial charge in [-0.1, -0.05) is 6.07 Å². The van der Waals surface area contributed by atoms with Crippen LogP contribution in [0, 0.1) is 0 Å². The maximum atomic E-state index is 12.2. The Morgan fingerprint density at radius 3 is 2.90 bits per heavy atom. The molecule has 2 atom stereocenters. The first-order chi connectivity index (χ1) is 9.99. The lowest BCUT2D eigenvalue weighted by atomic mass is 10.2. The molecule has 6 heteroatoms. The largest absolute Gasteiger partial charge is 0.388 e. The Bertz CT molecular complexity index is 496. The molecule has 0 saturated carbocycles. The van der Waals surface area contributed by atoms with Crippen LogP contribution in [0.2, 0.25) is 0 Å². The number of carbonyl (C=O) groups excluding carboxylic acids is 1. The minimum absolute atomic E-state index is 0.0333. The number of thioether (sulfide) groups is 1. The van der Waals surface area contributed by atoms with Gasteiger partial charge in [0.1, 0.15) is 6.10 Å². The van der Waals surface area contributed by atoms with E-state index in [1.807, 2.05) is 44.4 Å². The zero-order chi connectivity index (χ0) is 15.4. The van der Waals surface area contributed by atoms with Gasteiger partial charge in [0.15, 0.2) is 0 Å². The molecule has 0 aromatic heterocycles. The lowest BCUT2D eigenvalue weighted by molar-refractivity contribution is -0.0393. The number of benzene rings is 1. The molecular formula is C15H22N2O3S. The molecule has 2 rings (SSSR count). The highest BCUT2D eigenvalue weighted by atomic mass is 32.2. The van der Waals surface area contributed by atoms with Crippen molar-refractivity contribution in [3.05, 3.63) is 24.3 Å². The maximum Gasteiger partial charge on any atom is 0.322 e. The van der Waals surface area contributed by atoms with E-state index < -0.39 is 6.10 Å². The monoisotopic (exact) mass is 310 g/mol. The van der Waals surface area contributed by atoms with E-state index in [9.17, 15) is 9.90 Å². The second-order valence-electron chi connectivity index (χ2n) is 5.36. The molecule has 2 N–H and O–H groups in total. The van der Waals surface area contributed by atoms with Crippen molar-refractivity contribution in [2.45, 2.75) is 37.1 Å². The Labute approximate surface area is 129 Å². The van der Waals surface area contributed by atoms with Crippen LogP contribution in [0.4, 0.5) is 10.5 Å². The Balaban J connectivity index is 1.94. The van der Waals surface area contributed by atoms with Crippen molar-refractivity contribution in [2.24, 2.45) is 0 Å². The van der Waals surface area contributed by atoms with Gasteiger partial charge in [0, 0.05) is 10.6 Å². The first-order valence-electron chi connectivity index (χ1n) is 7.03. The summed E-state index contributed by atoms with van der Waals surface area (Å²) >= 11 is 1.62. The lowest BCUT2D eigenvalue weighted by Gasteiger charge is -2.18. The van der Waals surface area contributed by atoms with Gasteiger partial charge in [-0.15, -0.1) is 11.8 Å². The molecule has 1 aromatic carbocycles. The molecule has 1 saturated heterocycles. The lowest BCUT2D eigenvalue weighted by Crippen LogP contribution is -2.34. The summed E-state index contributed by atoms with van der Waals surface area (Å²) in [5.41, 5.74) is 0.759. The molecule has 21 heavy (non-hydrogen) atoms. The van der Waals surface area contributed by atoms with Gasteiger partial charge in [-0.05, 0) is 38.3 Å². The fourth-order valence-electron chi connectivity index (χ4n) is 2.31. The number of aliphatic hydroxyl groups excluding tert-OH is 1. The summed E-state index contributed by atoms with van der Waals surface area (Å²) in [5.74, 6) is 0. The van der Waals surface area contributed by atoms with E-state index in [1.165, 1.54) is 0 Å². The fourth-order valence-corrected chi connectivity index (χ4v) is 2.77. The molecule has 0 aliphatic carbocycles. The topological polar surface area (TPSA) is 61.8 Å². The number of anilines is 1. The van der Waals surface area contributed by atoms with E-state index in [-0.39, 0.29) is 18.2 Å². The smallest absolute Gasteiger partial charge is 0.322 e. The zero-order valence-electron chi connectivity index (χ0n) is 12.6. The molecule has 1 aliphatic rings. The minimum atomic E-state index is -0.629. The van der Waals surface area contributed by atoms with Gasteiger partial charge in [-0.25, -0.2) is 4.79 Å². The number of β-amino-alcohol motifs (C(OH)–C–C–N with tert-alkyl or cyclic N) is 1. The van der Waals surface area contributed by atoms with E-state index >= 15 is 0 Å². The summed E-state index contributed by atoms with van der Waals surface area (Å²) in [4.78, 5) is 14.9. The van der Waals surface area contributed by atoms with Crippen LogP contribution in [0.3, 0.4) is 0 Å². The number of hydrogen-bond donors (Lipinski definition) is 2. The number of ether oxygens (including phenoxy) is 1. The zero-order valence-corrected chi connectivity index (χ0v) is 13.4. The second kappa shape index (κ2) is 7.15. The minimum Gasteiger partial charge on any atom is -0.388 e. The van der Waals surface area contributed by atoms with Crippen molar-refractivity contribution < 1.29 is 14.6 Å². The fraction of sp³-hybridized carbons (Fsp3) is 0.533. The molecule has 1 aromatic rings. The van der Waals surface area contributed by atoms with E-state index in [2.05, 4.69) is 5.32 Å². The Kier molecular flexibility index (Phi) is 5.50. The van der Waals surface area contributed by atoms with Gasteiger partial charge >= 0.3 is 6.03 Å². The van der Waals surface area contributed by atoms with Crippen molar-refractivity contribution >= 4 is 23.5 Å². The molecule has 5 nitrogen and oxygen atoms in total. The van der Waals surface area contributed by atoms with Crippen LogP contribution in [0.25, 0.3) is 0 Å². The van der Waals surface area contributed by atoms with Crippen molar-refractivity contribution in [1.29, 1.82) is 0 Å². The molecular weight excluding hydrogens is 288 g/mol. The van der Waals surface area contributed by atoms with Crippen LogP contribution >= 0.6 is 11.8 Å². The number of aliphatic hydroxyl groups is 1. The van der Waals surface area contributed by atoms with Crippen molar-refractivity contribution in [3.8, 4) is 0 Å². The van der Waals surface area contributed by atoms with Gasteiger partial charge in [0.25, 0.3) is 0 Å². The summed E-state index contributed by atoms with van der Waals surface area (Å²) < 4.78 is 5.62. The summed E-state index contributed by atoms with van der Waals surface area (Å²) in [6.45, 7) is 4.55. The van der Waals surface area contributed by atoms with Gasteiger partial charge in [0.05, 0.1) is 25.3 Å². The quantitative estimate of drug-likeness (QED) is 0.838. The first kappa shape index (κ1) is 16.1. The van der Waals surface area contributed by atoms with E-state index in [0.717, 1.165) is 10.6 Å². The van der Waals surface area contributed by atoms with Gasteiger partial charge in [-0.3, -0.25) is 0 Å². The SMILES string of the molecule is CSc1cccc(NC(=O)N2C[C@H](OC(C)C)[C@@H](O)C2)c1. The number of nitrogens with one attached hydrogen (secondary N) is 1. The predicted molar refractivity (Wildman–Crippen MR) is 84.8 cm³/mol. The Hall–Kier alpha value is -1.24. The van der Waals surface area contributed by atoms with Crippen molar-refractivity contribution in [1.82, 2.24) is 4.90 Å². The molecule has 1 fully saturated rings. The normalized spacial score (nSPS) is 21.9. The third-order valence-electron chi connectivity index (χ3n) is 3.29. The molecule has 1 heterocycles. The molecule has 0 spiro atoms. The summed E-state index contributed by atoms with van der Waals surface area (Å²) in [5, 5.41) is 12.8. The van der Waals surface area contributed by atoms with Crippen LogP contribution in [0.15, 0.2) is 29.2 Å². The first-order valence-corrected chi connectivity index (χ1v) is 8.25. The highest BCUT2D eigenvalue weighted by Crippen LogP contribution is 2.21.